The molecule has 0 bridgehead atoms. The van der Waals surface area contributed by atoms with Crippen LogP contribution in [0.2, 0.25) is 0 Å². The number of ether oxygens (including phenoxy) is 1. The highest BCUT2D eigenvalue weighted by atomic mass is 32.1. The van der Waals surface area contributed by atoms with Crippen LogP contribution in [-0.2, 0) is 37.0 Å². The van der Waals surface area contributed by atoms with E-state index in [9.17, 15) is 24.0 Å². The van der Waals surface area contributed by atoms with Gasteiger partial charge in [0.05, 0.1) is 16.5 Å². The number of nitrogens with one attached hydrogen (secondary N) is 4. The summed E-state index contributed by atoms with van der Waals surface area (Å²) in [5.41, 5.74) is 2.91. The van der Waals surface area contributed by atoms with Crippen LogP contribution >= 0.6 is 22.7 Å². The molecule has 4 aromatic heterocycles. The fourth-order valence-corrected chi connectivity index (χ4v) is 8.24. The minimum absolute atomic E-state index is 0.00323. The second-order valence-corrected chi connectivity index (χ2v) is 12.7. The first-order valence-electron chi connectivity index (χ1n) is 13.9. The van der Waals surface area contributed by atoms with Gasteiger partial charge in [-0.1, -0.05) is 6.07 Å². The first kappa shape index (κ1) is 27.9. The molecule has 0 fully saturated rings. The summed E-state index contributed by atoms with van der Waals surface area (Å²) >= 11 is 2.93. The smallest absolute Gasteiger partial charge is 0.372 e. The molecule has 8 rings (SSSR count). The van der Waals surface area contributed by atoms with Crippen molar-refractivity contribution < 1.29 is 24.2 Å². The van der Waals surface area contributed by atoms with Gasteiger partial charge in [0, 0.05) is 16.3 Å². The molecule has 0 saturated heterocycles. The van der Waals surface area contributed by atoms with Crippen molar-refractivity contribution in [2.24, 2.45) is 0 Å². The molecule has 15 heteroatoms. The molecule has 1 aliphatic heterocycles. The number of carbonyl (C=O) groups excluding carboxylic acids is 2. The number of anilines is 1. The van der Waals surface area contributed by atoms with E-state index in [-0.39, 0.29) is 41.8 Å². The number of carbonyl (C=O) groups is 3. The lowest BCUT2D eigenvalue weighted by molar-refractivity contribution is -0.118. The highest BCUT2D eigenvalue weighted by molar-refractivity contribution is 7.19. The minimum Gasteiger partial charge on any atom is -0.482 e. The number of hydrogen-bond acceptors (Lipinski definition) is 10. The van der Waals surface area contributed by atoms with Gasteiger partial charge in [0.1, 0.15) is 15.4 Å². The number of H-pyrrole nitrogens is 2. The SMILES string of the molecule is O=C(O)c1nc2sc3c(c2c(=O)[nH]1)CCC3.O=C1COc2ccc(CNC(=O)c3nc4sc5c(c4c(=O)[nH]3)CCC5)cc2N1. The number of carboxylic acids is 1. The Labute approximate surface area is 255 Å². The zero-order valence-electron chi connectivity index (χ0n) is 23.0. The quantitative estimate of drug-likeness (QED) is 0.198. The van der Waals surface area contributed by atoms with Crippen molar-refractivity contribution in [2.75, 3.05) is 11.9 Å². The third kappa shape index (κ3) is 5.03. The Balaban J connectivity index is 0.000000165. The second-order valence-electron chi connectivity index (χ2n) is 10.6. The summed E-state index contributed by atoms with van der Waals surface area (Å²) in [6.07, 6.45) is 5.85. The maximum Gasteiger partial charge on any atom is 0.372 e. The van der Waals surface area contributed by atoms with Crippen LogP contribution in [0, 0.1) is 0 Å². The number of rotatable bonds is 4. The van der Waals surface area contributed by atoms with Crippen molar-refractivity contribution in [3.8, 4) is 5.75 Å². The van der Waals surface area contributed by atoms with Gasteiger partial charge in [-0.25, -0.2) is 14.8 Å². The lowest BCUT2D eigenvalue weighted by Gasteiger charge is -2.18. The molecule has 0 saturated carbocycles. The molecule has 0 atom stereocenters. The Morgan fingerprint density at radius 1 is 0.886 bits per heavy atom. The van der Waals surface area contributed by atoms with E-state index in [0.29, 0.717) is 31.9 Å². The summed E-state index contributed by atoms with van der Waals surface area (Å²) < 4.78 is 5.32. The van der Waals surface area contributed by atoms with Gasteiger partial charge in [0.2, 0.25) is 11.6 Å². The van der Waals surface area contributed by atoms with Crippen molar-refractivity contribution in [1.29, 1.82) is 0 Å². The van der Waals surface area contributed by atoms with Gasteiger partial charge in [0.25, 0.3) is 22.9 Å². The van der Waals surface area contributed by atoms with E-state index in [2.05, 4.69) is 30.6 Å². The van der Waals surface area contributed by atoms with E-state index in [4.69, 9.17) is 9.84 Å². The molecule has 5 aromatic rings. The zero-order chi connectivity index (χ0) is 30.5. The third-order valence-corrected chi connectivity index (χ3v) is 10.1. The maximum atomic E-state index is 12.5. The average molecular weight is 633 g/mol. The van der Waals surface area contributed by atoms with Crippen LogP contribution in [0.25, 0.3) is 20.4 Å². The Bertz CT molecular complexity index is 2140. The largest absolute Gasteiger partial charge is 0.482 e. The molecular formula is C29H24N6O7S2. The van der Waals surface area contributed by atoms with Crippen LogP contribution in [-0.4, -0.2) is 49.4 Å². The normalized spacial score (nSPS) is 14.7. The predicted octanol–water partition coefficient (Wildman–Crippen LogP) is 2.91. The van der Waals surface area contributed by atoms with E-state index >= 15 is 0 Å². The van der Waals surface area contributed by atoms with Crippen LogP contribution in [0.5, 0.6) is 5.75 Å². The Morgan fingerprint density at radius 3 is 2.14 bits per heavy atom. The lowest BCUT2D eigenvalue weighted by atomic mass is 10.1. The number of benzene rings is 1. The first-order chi connectivity index (χ1) is 21.2. The van der Waals surface area contributed by atoms with Gasteiger partial charge in [0.15, 0.2) is 6.61 Å². The predicted molar refractivity (Wildman–Crippen MR) is 163 cm³/mol. The summed E-state index contributed by atoms with van der Waals surface area (Å²) in [6, 6.07) is 5.30. The molecule has 13 nitrogen and oxygen atoms in total. The van der Waals surface area contributed by atoms with Crippen LogP contribution in [0.4, 0.5) is 5.69 Å². The number of aromatic carboxylic acids is 1. The molecular weight excluding hydrogens is 608 g/mol. The topological polar surface area (TPSA) is 196 Å². The summed E-state index contributed by atoms with van der Waals surface area (Å²) in [6.45, 7) is 0.224. The van der Waals surface area contributed by atoms with Gasteiger partial charge < -0.3 is 30.4 Å². The fraction of sp³-hybridized carbons (Fsp3) is 0.276. The number of aromatic nitrogens is 4. The van der Waals surface area contributed by atoms with Gasteiger partial charge in [-0.05, 0) is 67.3 Å². The standard InChI is InChI=1S/C19H16N4O4S.C10H8N2O3S/c24-14-8-27-12-5-4-9(6-11(12)21-14)7-20-18(26)16-22-17(25)15-10-2-1-3-13(10)28-19(15)23-16;13-8-6-4-2-1-3-5(4)16-9(6)12-7(11-8)10(14)15/h4-6H,1-3,7-8H2,(H,20,26)(H,21,24)(H,22,23,25);1-3H2,(H,14,15)(H,11,12,13). The van der Waals surface area contributed by atoms with Crippen molar-refractivity contribution in [1.82, 2.24) is 25.3 Å². The molecule has 44 heavy (non-hydrogen) atoms. The summed E-state index contributed by atoms with van der Waals surface area (Å²) in [7, 11) is 0. The Morgan fingerprint density at radius 2 is 1.50 bits per heavy atom. The molecule has 2 aliphatic carbocycles. The number of carboxylic acid groups (broad SMARTS) is 1. The minimum atomic E-state index is -1.20. The number of fused-ring (bicyclic) bond motifs is 7. The van der Waals surface area contributed by atoms with E-state index in [1.54, 1.807) is 18.2 Å². The van der Waals surface area contributed by atoms with E-state index < -0.39 is 11.9 Å². The van der Waals surface area contributed by atoms with Crippen LogP contribution in [0.3, 0.4) is 0 Å². The first-order valence-corrected chi connectivity index (χ1v) is 15.5. The fourth-order valence-electron chi connectivity index (χ4n) is 5.72. The van der Waals surface area contributed by atoms with E-state index in [1.807, 2.05) is 0 Å². The second kappa shape index (κ2) is 11.0. The highest BCUT2D eigenvalue weighted by Gasteiger charge is 2.24. The molecule has 3 aliphatic rings. The molecule has 5 N–H and O–H groups in total. The number of aromatic amines is 2. The number of hydrogen-bond donors (Lipinski definition) is 5. The van der Waals surface area contributed by atoms with Gasteiger partial charge in [-0.2, -0.15) is 0 Å². The summed E-state index contributed by atoms with van der Waals surface area (Å²) in [5.74, 6) is -1.55. The molecule has 0 radical (unpaired) electrons. The highest BCUT2D eigenvalue weighted by Crippen LogP contribution is 2.35. The number of thiophene rings is 2. The molecule has 0 unspecified atom stereocenters. The third-order valence-electron chi connectivity index (χ3n) is 7.70. The van der Waals surface area contributed by atoms with Crippen LogP contribution in [0.1, 0.15) is 60.5 Å². The van der Waals surface area contributed by atoms with Gasteiger partial charge >= 0.3 is 5.97 Å². The van der Waals surface area contributed by atoms with Gasteiger partial charge in [-0.3, -0.25) is 19.2 Å². The number of nitrogens with zero attached hydrogens (tertiary/aromatic N) is 2. The molecule has 224 valence electrons. The summed E-state index contributed by atoms with van der Waals surface area (Å²) in [4.78, 5) is 75.7. The lowest BCUT2D eigenvalue weighted by Crippen LogP contribution is -2.28. The van der Waals surface area contributed by atoms with E-state index in [0.717, 1.165) is 55.2 Å². The Hall–Kier alpha value is -4.89. The number of aryl methyl sites for hydroxylation is 4. The van der Waals surface area contributed by atoms with Crippen molar-refractivity contribution in [3.63, 3.8) is 0 Å². The Kier molecular flexibility index (Phi) is 6.97. The molecule has 0 spiro atoms. The van der Waals surface area contributed by atoms with Crippen LogP contribution < -0.4 is 26.5 Å². The van der Waals surface area contributed by atoms with Crippen molar-refractivity contribution in [2.45, 2.75) is 45.1 Å². The maximum absolute atomic E-state index is 12.5. The monoisotopic (exact) mass is 632 g/mol. The molecule has 2 amide bonds. The molecule has 1 aromatic carbocycles. The van der Waals surface area contributed by atoms with E-state index in [1.165, 1.54) is 32.4 Å². The summed E-state index contributed by atoms with van der Waals surface area (Å²) in [5, 5.41) is 15.5. The van der Waals surface area contributed by atoms with Crippen LogP contribution in [0.15, 0.2) is 27.8 Å². The molecule has 5 heterocycles. The van der Waals surface area contributed by atoms with Crippen molar-refractivity contribution in [3.05, 3.63) is 77.0 Å². The zero-order valence-corrected chi connectivity index (χ0v) is 24.6. The van der Waals surface area contributed by atoms with Gasteiger partial charge in [-0.15, -0.1) is 22.7 Å². The number of amides is 2. The average Bonchev–Trinajstić information content (AvgIpc) is 3.77. The van der Waals surface area contributed by atoms with Crippen molar-refractivity contribution >= 4 is 66.6 Å².